The van der Waals surface area contributed by atoms with E-state index >= 15 is 0 Å². The Hall–Kier alpha value is -3.44. The van der Waals surface area contributed by atoms with Gasteiger partial charge >= 0.3 is 0 Å². The highest BCUT2D eigenvalue weighted by molar-refractivity contribution is 5.91. The third-order valence-electron chi connectivity index (χ3n) is 5.13. The van der Waals surface area contributed by atoms with Crippen LogP contribution in [0.25, 0.3) is 10.9 Å². The first-order chi connectivity index (χ1) is 14.1. The van der Waals surface area contributed by atoms with Crippen LogP contribution in [0.15, 0.2) is 83.7 Å². The fourth-order valence-corrected chi connectivity index (χ4v) is 3.69. The molecule has 1 aromatic heterocycles. The standard InChI is InChI=1S/C24H21FN2O2/c1-27-19(15-28)14-22(29)20-12-18(25)13-21(24(20)27)26-23(16-8-4-2-5-9-16)17-10-6-3-7-11-17/h2-14,23,26,28H,15H2,1H3. The molecular formula is C24H21FN2O2. The second kappa shape index (κ2) is 7.89. The van der Waals surface area contributed by atoms with Crippen LogP contribution in [0, 0.1) is 5.82 Å². The number of anilines is 1. The lowest BCUT2D eigenvalue weighted by atomic mass is 9.98. The summed E-state index contributed by atoms with van der Waals surface area (Å²) in [5, 5.41) is 13.3. The molecule has 4 nitrogen and oxygen atoms in total. The van der Waals surface area contributed by atoms with Crippen LogP contribution in [0.5, 0.6) is 0 Å². The Morgan fingerprint density at radius 1 is 0.966 bits per heavy atom. The smallest absolute Gasteiger partial charge is 0.189 e. The predicted octanol–water partition coefficient (Wildman–Crippen LogP) is 4.37. The number of nitrogens with one attached hydrogen (secondary N) is 1. The van der Waals surface area contributed by atoms with Crippen molar-refractivity contribution in [2.75, 3.05) is 5.32 Å². The number of nitrogens with zero attached hydrogens (tertiary/aromatic N) is 1. The van der Waals surface area contributed by atoms with E-state index in [0.29, 0.717) is 16.9 Å². The third-order valence-corrected chi connectivity index (χ3v) is 5.13. The summed E-state index contributed by atoms with van der Waals surface area (Å²) in [7, 11) is 1.76. The van der Waals surface area contributed by atoms with E-state index in [-0.39, 0.29) is 23.5 Å². The van der Waals surface area contributed by atoms with Gasteiger partial charge in [-0.25, -0.2) is 4.39 Å². The van der Waals surface area contributed by atoms with E-state index in [1.807, 2.05) is 60.7 Å². The van der Waals surface area contributed by atoms with Gasteiger partial charge in [-0.15, -0.1) is 0 Å². The summed E-state index contributed by atoms with van der Waals surface area (Å²) in [5.41, 5.74) is 3.22. The average Bonchev–Trinajstić information content (AvgIpc) is 2.75. The number of benzene rings is 3. The van der Waals surface area contributed by atoms with Crippen molar-refractivity contribution in [2.24, 2.45) is 7.05 Å². The SMILES string of the molecule is Cn1c(CO)cc(=O)c2cc(F)cc(NC(c3ccccc3)c3ccccc3)c21. The number of pyridine rings is 1. The maximum atomic E-state index is 14.4. The van der Waals surface area contributed by atoms with Gasteiger partial charge in [-0.2, -0.15) is 0 Å². The summed E-state index contributed by atoms with van der Waals surface area (Å²) >= 11 is 0. The second-order valence-corrected chi connectivity index (χ2v) is 6.97. The molecule has 0 radical (unpaired) electrons. The number of halogens is 1. The highest BCUT2D eigenvalue weighted by atomic mass is 19.1. The Balaban J connectivity index is 1.93. The Kier molecular flexibility index (Phi) is 5.14. The largest absolute Gasteiger partial charge is 0.390 e. The number of fused-ring (bicyclic) bond motifs is 1. The Labute approximate surface area is 167 Å². The van der Waals surface area contributed by atoms with E-state index in [1.165, 1.54) is 18.2 Å². The molecule has 0 aliphatic rings. The molecule has 3 aromatic carbocycles. The first kappa shape index (κ1) is 18.9. The van der Waals surface area contributed by atoms with Gasteiger partial charge in [0.1, 0.15) is 5.82 Å². The molecule has 146 valence electrons. The highest BCUT2D eigenvalue weighted by Gasteiger charge is 2.18. The fourth-order valence-electron chi connectivity index (χ4n) is 3.69. The van der Waals surface area contributed by atoms with Crippen LogP contribution in [0.1, 0.15) is 22.9 Å². The first-order valence-electron chi connectivity index (χ1n) is 9.38. The maximum absolute atomic E-state index is 14.4. The van der Waals surface area contributed by atoms with Gasteiger partial charge < -0.3 is 15.0 Å². The number of aliphatic hydroxyl groups is 1. The minimum atomic E-state index is -0.492. The van der Waals surface area contributed by atoms with Crippen LogP contribution in [0.2, 0.25) is 0 Å². The zero-order chi connectivity index (χ0) is 20.4. The number of aliphatic hydroxyl groups excluding tert-OH is 1. The van der Waals surface area contributed by atoms with Crippen molar-refractivity contribution < 1.29 is 9.50 Å². The molecule has 0 aliphatic heterocycles. The van der Waals surface area contributed by atoms with E-state index in [1.54, 1.807) is 11.6 Å². The number of rotatable bonds is 5. The summed E-state index contributed by atoms with van der Waals surface area (Å²) in [6.45, 7) is -0.278. The van der Waals surface area contributed by atoms with Crippen LogP contribution in [-0.4, -0.2) is 9.67 Å². The zero-order valence-corrected chi connectivity index (χ0v) is 16.0. The predicted molar refractivity (Wildman–Crippen MR) is 113 cm³/mol. The van der Waals surface area contributed by atoms with E-state index in [9.17, 15) is 14.3 Å². The molecule has 0 aliphatic carbocycles. The lowest BCUT2D eigenvalue weighted by molar-refractivity contribution is 0.272. The lowest BCUT2D eigenvalue weighted by Gasteiger charge is -2.23. The Bertz CT molecular complexity index is 1160. The van der Waals surface area contributed by atoms with Crippen molar-refractivity contribution in [2.45, 2.75) is 12.6 Å². The monoisotopic (exact) mass is 388 g/mol. The number of hydrogen-bond donors (Lipinski definition) is 2. The minimum absolute atomic E-state index is 0.240. The molecule has 0 fully saturated rings. The van der Waals surface area contributed by atoms with Crippen molar-refractivity contribution in [3.05, 3.63) is 112 Å². The normalized spacial score (nSPS) is 11.2. The van der Waals surface area contributed by atoms with Gasteiger partial charge in [0.15, 0.2) is 5.43 Å². The molecule has 5 heteroatoms. The zero-order valence-electron chi connectivity index (χ0n) is 16.0. The molecule has 0 amide bonds. The van der Waals surface area contributed by atoms with Gasteiger partial charge in [-0.3, -0.25) is 4.79 Å². The summed E-state index contributed by atoms with van der Waals surface area (Å²) < 4.78 is 16.1. The molecule has 4 rings (SSSR count). The molecule has 0 unspecified atom stereocenters. The Morgan fingerprint density at radius 3 is 2.10 bits per heavy atom. The molecule has 0 spiro atoms. The van der Waals surface area contributed by atoms with Crippen LogP contribution < -0.4 is 10.7 Å². The van der Waals surface area contributed by atoms with Crippen molar-refractivity contribution in [1.82, 2.24) is 4.57 Å². The van der Waals surface area contributed by atoms with Gasteiger partial charge in [0.25, 0.3) is 0 Å². The molecule has 0 saturated carbocycles. The molecular weight excluding hydrogens is 367 g/mol. The third kappa shape index (κ3) is 3.65. The maximum Gasteiger partial charge on any atom is 0.189 e. The summed E-state index contributed by atoms with van der Waals surface area (Å²) in [6.07, 6.45) is 0. The van der Waals surface area contributed by atoms with Gasteiger partial charge in [-0.05, 0) is 23.3 Å². The van der Waals surface area contributed by atoms with Gasteiger partial charge in [0, 0.05) is 18.8 Å². The van der Waals surface area contributed by atoms with E-state index in [2.05, 4.69) is 5.32 Å². The van der Waals surface area contributed by atoms with E-state index < -0.39 is 5.82 Å². The van der Waals surface area contributed by atoms with Crippen molar-refractivity contribution >= 4 is 16.6 Å². The number of hydrogen-bond acceptors (Lipinski definition) is 3. The summed E-state index contributed by atoms with van der Waals surface area (Å²) in [4.78, 5) is 12.5. The molecule has 4 aromatic rings. The van der Waals surface area contributed by atoms with E-state index in [0.717, 1.165) is 11.1 Å². The number of aryl methyl sites for hydroxylation is 1. The van der Waals surface area contributed by atoms with Crippen LogP contribution >= 0.6 is 0 Å². The van der Waals surface area contributed by atoms with Gasteiger partial charge in [0.05, 0.1) is 29.2 Å². The van der Waals surface area contributed by atoms with Gasteiger partial charge in [-0.1, -0.05) is 60.7 Å². The van der Waals surface area contributed by atoms with Crippen molar-refractivity contribution in [3.63, 3.8) is 0 Å². The van der Waals surface area contributed by atoms with Crippen LogP contribution in [-0.2, 0) is 13.7 Å². The molecule has 0 saturated heterocycles. The second-order valence-electron chi connectivity index (χ2n) is 6.97. The van der Waals surface area contributed by atoms with Crippen LogP contribution in [0.3, 0.4) is 0 Å². The number of aromatic nitrogens is 1. The van der Waals surface area contributed by atoms with E-state index in [4.69, 9.17) is 0 Å². The molecule has 0 bridgehead atoms. The van der Waals surface area contributed by atoms with Crippen molar-refractivity contribution in [3.8, 4) is 0 Å². The van der Waals surface area contributed by atoms with Crippen molar-refractivity contribution in [1.29, 1.82) is 0 Å². The summed E-state index contributed by atoms with van der Waals surface area (Å²) in [5.74, 6) is -0.492. The molecule has 2 N–H and O–H groups in total. The molecule has 29 heavy (non-hydrogen) atoms. The van der Waals surface area contributed by atoms with Gasteiger partial charge in [0.2, 0.25) is 0 Å². The quantitative estimate of drug-likeness (QED) is 0.534. The Morgan fingerprint density at radius 2 is 1.55 bits per heavy atom. The molecule has 1 heterocycles. The lowest BCUT2D eigenvalue weighted by Crippen LogP contribution is -2.17. The topological polar surface area (TPSA) is 54.3 Å². The van der Waals surface area contributed by atoms with Crippen LogP contribution in [0.4, 0.5) is 10.1 Å². The minimum Gasteiger partial charge on any atom is -0.390 e. The molecule has 0 atom stereocenters. The average molecular weight is 388 g/mol. The first-order valence-corrected chi connectivity index (χ1v) is 9.38. The fraction of sp³-hybridized carbons (Fsp3) is 0.125. The highest BCUT2D eigenvalue weighted by Crippen LogP contribution is 2.31. The summed E-state index contributed by atoms with van der Waals surface area (Å²) in [6, 6.07) is 23.5.